The van der Waals surface area contributed by atoms with Crippen LogP contribution in [0.3, 0.4) is 0 Å². The molecular formula is C16H26N4. The Balaban J connectivity index is 1.65. The molecule has 20 heavy (non-hydrogen) atoms. The Morgan fingerprint density at radius 2 is 1.95 bits per heavy atom. The average Bonchev–Trinajstić information content (AvgIpc) is 2.49. The summed E-state index contributed by atoms with van der Waals surface area (Å²) in [6.07, 6.45) is 11.0. The summed E-state index contributed by atoms with van der Waals surface area (Å²) >= 11 is 0. The van der Waals surface area contributed by atoms with Crippen LogP contribution in [-0.4, -0.2) is 29.1 Å². The first-order chi connectivity index (χ1) is 9.81. The van der Waals surface area contributed by atoms with Gasteiger partial charge in [0.25, 0.3) is 0 Å². The fraction of sp³-hybridized carbons (Fsp3) is 0.750. The molecule has 0 radical (unpaired) electrons. The van der Waals surface area contributed by atoms with Gasteiger partial charge in [-0.15, -0.1) is 0 Å². The lowest BCUT2D eigenvalue weighted by Gasteiger charge is -2.32. The third-order valence-corrected chi connectivity index (χ3v) is 4.59. The largest absolute Gasteiger partial charge is 0.367 e. The third kappa shape index (κ3) is 3.41. The van der Waals surface area contributed by atoms with Crippen LogP contribution in [0, 0.1) is 5.92 Å². The molecule has 3 rings (SSSR count). The van der Waals surface area contributed by atoms with E-state index >= 15 is 0 Å². The van der Waals surface area contributed by atoms with E-state index in [2.05, 4.69) is 33.2 Å². The van der Waals surface area contributed by atoms with Gasteiger partial charge in [0.05, 0.1) is 0 Å². The summed E-state index contributed by atoms with van der Waals surface area (Å²) in [6.45, 7) is 4.58. The second kappa shape index (κ2) is 6.42. The number of nitrogens with zero attached hydrogens (tertiary/aromatic N) is 3. The Bertz CT molecular complexity index is 428. The van der Waals surface area contributed by atoms with Crippen molar-refractivity contribution in [3.05, 3.63) is 12.4 Å². The Hall–Kier alpha value is -1.32. The van der Waals surface area contributed by atoms with Crippen molar-refractivity contribution in [3.8, 4) is 0 Å². The zero-order valence-electron chi connectivity index (χ0n) is 12.5. The van der Waals surface area contributed by atoms with Gasteiger partial charge in [0.15, 0.2) is 0 Å². The van der Waals surface area contributed by atoms with Crippen molar-refractivity contribution >= 4 is 11.6 Å². The molecule has 4 nitrogen and oxygen atoms in total. The molecule has 1 saturated heterocycles. The summed E-state index contributed by atoms with van der Waals surface area (Å²) in [5.74, 6) is 2.86. The van der Waals surface area contributed by atoms with Crippen LogP contribution in [0.4, 0.5) is 11.6 Å². The van der Waals surface area contributed by atoms with Crippen LogP contribution >= 0.6 is 0 Å². The highest BCUT2D eigenvalue weighted by Crippen LogP contribution is 2.24. The maximum Gasteiger partial charge on any atom is 0.134 e. The average molecular weight is 274 g/mol. The van der Waals surface area contributed by atoms with E-state index in [1.165, 1.54) is 44.9 Å². The van der Waals surface area contributed by atoms with Crippen LogP contribution in [-0.2, 0) is 0 Å². The molecule has 110 valence electrons. The lowest BCUT2D eigenvalue weighted by molar-refractivity contribution is 0.444. The number of hydrogen-bond acceptors (Lipinski definition) is 4. The van der Waals surface area contributed by atoms with E-state index in [0.29, 0.717) is 6.04 Å². The summed E-state index contributed by atoms with van der Waals surface area (Å²) in [5.41, 5.74) is 0. The number of piperidine rings is 1. The van der Waals surface area contributed by atoms with Crippen molar-refractivity contribution < 1.29 is 0 Å². The molecule has 1 aliphatic carbocycles. The zero-order valence-corrected chi connectivity index (χ0v) is 12.5. The van der Waals surface area contributed by atoms with Crippen molar-refractivity contribution in [2.75, 3.05) is 23.3 Å². The summed E-state index contributed by atoms with van der Waals surface area (Å²) < 4.78 is 0. The molecule has 2 heterocycles. The van der Waals surface area contributed by atoms with Crippen LogP contribution in [0.1, 0.15) is 51.9 Å². The molecule has 2 fully saturated rings. The van der Waals surface area contributed by atoms with E-state index in [1.807, 2.05) is 0 Å². The molecular weight excluding hydrogens is 248 g/mol. The van der Waals surface area contributed by atoms with Gasteiger partial charge < -0.3 is 10.2 Å². The molecule has 1 aromatic rings. The Morgan fingerprint density at radius 1 is 1.10 bits per heavy atom. The molecule has 1 atom stereocenters. The van der Waals surface area contributed by atoms with Crippen LogP contribution in [0.5, 0.6) is 0 Å². The Morgan fingerprint density at radius 3 is 2.75 bits per heavy atom. The summed E-state index contributed by atoms with van der Waals surface area (Å²) in [4.78, 5) is 11.3. The summed E-state index contributed by atoms with van der Waals surface area (Å²) in [5, 5.41) is 3.59. The van der Waals surface area contributed by atoms with Gasteiger partial charge in [0.1, 0.15) is 18.0 Å². The van der Waals surface area contributed by atoms with E-state index in [9.17, 15) is 0 Å². The minimum absolute atomic E-state index is 0.603. The predicted octanol–water partition coefficient (Wildman–Crippen LogP) is 3.46. The van der Waals surface area contributed by atoms with Gasteiger partial charge in [-0.05, 0) is 31.6 Å². The fourth-order valence-corrected chi connectivity index (χ4v) is 3.45. The van der Waals surface area contributed by atoms with Crippen LogP contribution in [0.2, 0.25) is 0 Å². The molecule has 4 heteroatoms. The number of nitrogens with one attached hydrogen (secondary N) is 1. The Labute approximate surface area is 122 Å². The first-order valence-corrected chi connectivity index (χ1v) is 8.15. The first kappa shape index (κ1) is 13.7. The second-order valence-electron chi connectivity index (χ2n) is 6.43. The van der Waals surface area contributed by atoms with E-state index in [1.54, 1.807) is 6.33 Å². The molecule has 0 bridgehead atoms. The van der Waals surface area contributed by atoms with Crippen LogP contribution in [0.15, 0.2) is 12.4 Å². The van der Waals surface area contributed by atoms with E-state index < -0.39 is 0 Å². The first-order valence-electron chi connectivity index (χ1n) is 8.15. The number of anilines is 2. The molecule has 1 aromatic heterocycles. The molecule has 1 N–H and O–H groups in total. The number of aromatic nitrogens is 2. The van der Waals surface area contributed by atoms with E-state index in [4.69, 9.17) is 0 Å². The maximum atomic E-state index is 4.47. The monoisotopic (exact) mass is 274 g/mol. The molecule has 2 aliphatic rings. The third-order valence-electron chi connectivity index (χ3n) is 4.59. The topological polar surface area (TPSA) is 41.0 Å². The van der Waals surface area contributed by atoms with Crippen LogP contribution < -0.4 is 10.2 Å². The van der Waals surface area contributed by atoms with Crippen molar-refractivity contribution in [3.63, 3.8) is 0 Å². The maximum absolute atomic E-state index is 4.47. The number of rotatable bonds is 3. The van der Waals surface area contributed by atoms with Gasteiger partial charge >= 0.3 is 0 Å². The highest BCUT2D eigenvalue weighted by atomic mass is 15.2. The number of hydrogen-bond donors (Lipinski definition) is 1. The fourth-order valence-electron chi connectivity index (χ4n) is 3.45. The van der Waals surface area contributed by atoms with Crippen molar-refractivity contribution in [2.45, 2.75) is 57.9 Å². The Kier molecular flexibility index (Phi) is 4.38. The van der Waals surface area contributed by atoms with Gasteiger partial charge in [-0.25, -0.2) is 9.97 Å². The van der Waals surface area contributed by atoms with Gasteiger partial charge in [0.2, 0.25) is 0 Å². The van der Waals surface area contributed by atoms with Gasteiger partial charge in [-0.1, -0.05) is 26.2 Å². The highest BCUT2D eigenvalue weighted by Gasteiger charge is 2.19. The normalized spacial score (nSPS) is 24.6. The quantitative estimate of drug-likeness (QED) is 0.916. The second-order valence-corrected chi connectivity index (χ2v) is 6.43. The zero-order chi connectivity index (χ0) is 13.8. The van der Waals surface area contributed by atoms with Crippen molar-refractivity contribution in [1.82, 2.24) is 9.97 Å². The van der Waals surface area contributed by atoms with Gasteiger partial charge in [0, 0.05) is 25.2 Å². The molecule has 0 amide bonds. The van der Waals surface area contributed by atoms with E-state index in [0.717, 1.165) is 30.6 Å². The molecule has 1 aliphatic heterocycles. The molecule has 1 unspecified atom stereocenters. The van der Waals surface area contributed by atoms with Gasteiger partial charge in [-0.3, -0.25) is 0 Å². The van der Waals surface area contributed by atoms with Crippen molar-refractivity contribution in [1.29, 1.82) is 0 Å². The minimum atomic E-state index is 0.603. The van der Waals surface area contributed by atoms with Crippen LogP contribution in [0.25, 0.3) is 0 Å². The van der Waals surface area contributed by atoms with Gasteiger partial charge in [-0.2, -0.15) is 0 Å². The smallest absolute Gasteiger partial charge is 0.134 e. The standard InChI is InChI=1S/C16H26N4/c1-13-6-5-9-20(11-13)16-10-15(17-12-18-16)19-14-7-3-2-4-8-14/h10,12-14H,2-9,11H2,1H3,(H,17,18,19). The SMILES string of the molecule is CC1CCCN(c2cc(NC3CCCCC3)ncn2)C1. The molecule has 0 spiro atoms. The lowest BCUT2D eigenvalue weighted by atomic mass is 9.95. The predicted molar refractivity (Wildman–Crippen MR) is 83.1 cm³/mol. The summed E-state index contributed by atoms with van der Waals surface area (Å²) in [7, 11) is 0. The minimum Gasteiger partial charge on any atom is -0.367 e. The lowest BCUT2D eigenvalue weighted by Crippen LogP contribution is -2.35. The highest BCUT2D eigenvalue weighted by molar-refractivity contribution is 5.49. The molecule has 0 aromatic carbocycles. The van der Waals surface area contributed by atoms with Crippen molar-refractivity contribution in [2.24, 2.45) is 5.92 Å². The summed E-state index contributed by atoms with van der Waals surface area (Å²) in [6, 6.07) is 2.74. The molecule has 1 saturated carbocycles. The van der Waals surface area contributed by atoms with E-state index in [-0.39, 0.29) is 0 Å².